The van der Waals surface area contributed by atoms with E-state index in [1.54, 1.807) is 0 Å². The van der Waals surface area contributed by atoms with Gasteiger partial charge in [-0.1, -0.05) is 18.2 Å². The van der Waals surface area contributed by atoms with Crippen LogP contribution in [-0.4, -0.2) is 47.9 Å². The Labute approximate surface area is 151 Å². The predicted octanol–water partition coefficient (Wildman–Crippen LogP) is 3.26. The summed E-state index contributed by atoms with van der Waals surface area (Å²) in [6.45, 7) is 4.28. The van der Waals surface area contributed by atoms with E-state index >= 15 is 0 Å². The first kappa shape index (κ1) is 17.3. The summed E-state index contributed by atoms with van der Waals surface area (Å²) in [4.78, 5) is 2.49. The Kier molecular flexibility index (Phi) is 5.30. The molecule has 4 rings (SSSR count). The number of aliphatic hydroxyl groups excluding tert-OH is 1. The quantitative estimate of drug-likeness (QED) is 0.805. The number of ether oxygens (including phenoxy) is 1. The van der Waals surface area contributed by atoms with Gasteiger partial charge in [0.2, 0.25) is 0 Å². The zero-order chi connectivity index (χ0) is 17.1. The maximum atomic E-state index is 9.61. The second-order valence-electron chi connectivity index (χ2n) is 8.17. The van der Waals surface area contributed by atoms with Gasteiger partial charge in [0.25, 0.3) is 0 Å². The molecule has 1 saturated carbocycles. The fraction of sp³-hybridized carbons (Fsp3) is 0.714. The van der Waals surface area contributed by atoms with Crippen LogP contribution in [-0.2, 0) is 0 Å². The second-order valence-corrected chi connectivity index (χ2v) is 8.17. The number of fused-ring (bicyclic) bond motifs is 1. The van der Waals surface area contributed by atoms with Crippen molar-refractivity contribution in [1.82, 2.24) is 10.2 Å². The highest BCUT2D eigenvalue weighted by atomic mass is 16.5. The van der Waals surface area contributed by atoms with Gasteiger partial charge in [0.1, 0.15) is 11.4 Å². The van der Waals surface area contributed by atoms with Gasteiger partial charge in [-0.15, -0.1) is 0 Å². The zero-order valence-electron chi connectivity index (χ0n) is 15.3. The molecule has 2 N–H and O–H groups in total. The first-order valence-corrected chi connectivity index (χ1v) is 10.2. The maximum absolute atomic E-state index is 9.61. The molecular weight excluding hydrogens is 312 g/mol. The van der Waals surface area contributed by atoms with Crippen molar-refractivity contribution in [2.45, 2.75) is 69.1 Å². The van der Waals surface area contributed by atoms with Crippen LogP contribution < -0.4 is 10.1 Å². The van der Waals surface area contributed by atoms with Crippen molar-refractivity contribution in [2.75, 3.05) is 26.2 Å². The monoisotopic (exact) mass is 344 g/mol. The summed E-state index contributed by atoms with van der Waals surface area (Å²) < 4.78 is 6.45. The van der Waals surface area contributed by atoms with E-state index in [2.05, 4.69) is 34.5 Å². The third-order valence-electron chi connectivity index (χ3n) is 6.31. The molecule has 0 amide bonds. The van der Waals surface area contributed by atoms with E-state index < -0.39 is 0 Å². The van der Waals surface area contributed by atoms with Gasteiger partial charge in [-0.2, -0.15) is 0 Å². The van der Waals surface area contributed by atoms with Crippen molar-refractivity contribution in [3.63, 3.8) is 0 Å². The molecule has 25 heavy (non-hydrogen) atoms. The summed E-state index contributed by atoms with van der Waals surface area (Å²) in [5, 5.41) is 13.4. The summed E-state index contributed by atoms with van der Waals surface area (Å²) in [6, 6.07) is 9.01. The summed E-state index contributed by atoms with van der Waals surface area (Å²) in [7, 11) is 0. The molecule has 1 aromatic rings. The van der Waals surface area contributed by atoms with Crippen LogP contribution in [0.15, 0.2) is 24.3 Å². The van der Waals surface area contributed by atoms with Crippen molar-refractivity contribution in [2.24, 2.45) is 0 Å². The van der Waals surface area contributed by atoms with Crippen molar-refractivity contribution < 1.29 is 9.84 Å². The van der Waals surface area contributed by atoms with Gasteiger partial charge in [0.15, 0.2) is 0 Å². The standard InChI is InChI=1S/C21H32N2O2/c24-17-8-14-23(15-9-17)13-5-12-22-19-16-21(10-3-4-11-21)25-20-7-2-1-6-18(19)20/h1-2,6-7,17,19,22,24H,3-5,8-16H2. The van der Waals surface area contributed by atoms with Crippen LogP contribution in [0.2, 0.25) is 0 Å². The Morgan fingerprint density at radius 1 is 1.16 bits per heavy atom. The lowest BCUT2D eigenvalue weighted by atomic mass is 9.86. The Bertz CT molecular complexity index is 563. The lowest BCUT2D eigenvalue weighted by Gasteiger charge is -2.40. The lowest BCUT2D eigenvalue weighted by molar-refractivity contribution is 0.0365. The van der Waals surface area contributed by atoms with Crippen LogP contribution in [0.4, 0.5) is 0 Å². The molecule has 2 aliphatic heterocycles. The van der Waals surface area contributed by atoms with Gasteiger partial charge < -0.3 is 20.1 Å². The number of benzene rings is 1. The van der Waals surface area contributed by atoms with Crippen LogP contribution in [0, 0.1) is 0 Å². The molecule has 1 unspecified atom stereocenters. The molecule has 0 bridgehead atoms. The van der Waals surface area contributed by atoms with Gasteiger partial charge in [0, 0.05) is 31.1 Å². The summed E-state index contributed by atoms with van der Waals surface area (Å²) in [5.41, 5.74) is 1.41. The molecule has 2 fully saturated rings. The minimum atomic E-state index is -0.0734. The molecule has 1 atom stereocenters. The first-order chi connectivity index (χ1) is 12.2. The average Bonchev–Trinajstić information content (AvgIpc) is 3.07. The van der Waals surface area contributed by atoms with Crippen LogP contribution >= 0.6 is 0 Å². The number of piperidine rings is 1. The van der Waals surface area contributed by atoms with E-state index in [0.29, 0.717) is 6.04 Å². The fourth-order valence-corrected chi connectivity index (χ4v) is 4.85. The molecule has 2 heterocycles. The molecule has 1 saturated heterocycles. The van der Waals surface area contributed by atoms with Crippen molar-refractivity contribution >= 4 is 0 Å². The number of likely N-dealkylation sites (tertiary alicyclic amines) is 1. The molecule has 1 aliphatic carbocycles. The highest BCUT2D eigenvalue weighted by Gasteiger charge is 2.42. The van der Waals surface area contributed by atoms with Gasteiger partial charge in [-0.3, -0.25) is 0 Å². The van der Waals surface area contributed by atoms with Gasteiger partial charge in [-0.25, -0.2) is 0 Å². The van der Waals surface area contributed by atoms with Crippen LogP contribution in [0.3, 0.4) is 0 Å². The highest BCUT2D eigenvalue weighted by molar-refractivity contribution is 5.39. The Morgan fingerprint density at radius 3 is 2.72 bits per heavy atom. The number of rotatable bonds is 5. The largest absolute Gasteiger partial charge is 0.487 e. The molecular formula is C21H32N2O2. The third-order valence-corrected chi connectivity index (χ3v) is 6.31. The summed E-state index contributed by atoms with van der Waals surface area (Å²) in [6.07, 6.45) is 9.09. The highest BCUT2D eigenvalue weighted by Crippen LogP contribution is 2.46. The molecule has 138 valence electrons. The smallest absolute Gasteiger partial charge is 0.124 e. The molecule has 0 radical (unpaired) electrons. The van der Waals surface area contributed by atoms with E-state index in [4.69, 9.17) is 4.74 Å². The number of aliphatic hydroxyl groups is 1. The minimum Gasteiger partial charge on any atom is -0.487 e. The normalized spacial score (nSPS) is 26.5. The van der Waals surface area contributed by atoms with Crippen molar-refractivity contribution in [1.29, 1.82) is 0 Å². The molecule has 0 aromatic heterocycles. The molecule has 4 nitrogen and oxygen atoms in total. The van der Waals surface area contributed by atoms with E-state index in [-0.39, 0.29) is 11.7 Å². The van der Waals surface area contributed by atoms with E-state index in [0.717, 1.165) is 51.2 Å². The van der Waals surface area contributed by atoms with Crippen LogP contribution in [0.1, 0.15) is 63.0 Å². The van der Waals surface area contributed by atoms with E-state index in [1.807, 2.05) is 0 Å². The first-order valence-electron chi connectivity index (χ1n) is 10.2. The fourth-order valence-electron chi connectivity index (χ4n) is 4.85. The SMILES string of the molecule is OC1CCN(CCCNC2CC3(CCCC3)Oc3ccccc32)CC1. The third kappa shape index (κ3) is 4.02. The van der Waals surface area contributed by atoms with Crippen LogP contribution in [0.25, 0.3) is 0 Å². The zero-order valence-corrected chi connectivity index (χ0v) is 15.3. The van der Waals surface area contributed by atoms with Gasteiger partial charge >= 0.3 is 0 Å². The molecule has 1 aromatic carbocycles. The second kappa shape index (κ2) is 7.65. The summed E-state index contributed by atoms with van der Waals surface area (Å²) >= 11 is 0. The molecule has 3 aliphatic rings. The van der Waals surface area contributed by atoms with Gasteiger partial charge in [-0.05, 0) is 64.1 Å². The number of nitrogens with one attached hydrogen (secondary N) is 1. The number of nitrogens with zero attached hydrogens (tertiary/aromatic N) is 1. The average molecular weight is 344 g/mol. The predicted molar refractivity (Wildman–Crippen MR) is 99.9 cm³/mol. The molecule has 1 spiro atoms. The number of hydrogen-bond acceptors (Lipinski definition) is 4. The Hall–Kier alpha value is -1.10. The topological polar surface area (TPSA) is 44.7 Å². The van der Waals surface area contributed by atoms with Gasteiger partial charge in [0.05, 0.1) is 6.10 Å². The van der Waals surface area contributed by atoms with E-state index in [1.165, 1.54) is 37.7 Å². The molecule has 4 heteroatoms. The minimum absolute atomic E-state index is 0.0734. The Morgan fingerprint density at radius 2 is 1.92 bits per heavy atom. The van der Waals surface area contributed by atoms with Crippen molar-refractivity contribution in [3.8, 4) is 5.75 Å². The van der Waals surface area contributed by atoms with E-state index in [9.17, 15) is 5.11 Å². The van der Waals surface area contributed by atoms with Crippen LogP contribution in [0.5, 0.6) is 5.75 Å². The summed E-state index contributed by atoms with van der Waals surface area (Å²) in [5.74, 6) is 1.10. The number of hydrogen-bond donors (Lipinski definition) is 2. The number of para-hydroxylation sites is 1. The van der Waals surface area contributed by atoms with Crippen molar-refractivity contribution in [3.05, 3.63) is 29.8 Å². The maximum Gasteiger partial charge on any atom is 0.124 e. The lowest BCUT2D eigenvalue weighted by Crippen LogP contribution is -2.42. The Balaban J connectivity index is 1.32.